The zero-order chi connectivity index (χ0) is 3.41. The van der Waals surface area contributed by atoms with Crippen LogP contribution in [0, 0.1) is 0 Å². The van der Waals surface area contributed by atoms with Gasteiger partial charge in [-0.25, -0.2) is 0 Å². The molecule has 0 aliphatic rings. The standard InChI is InChI=1S/CH3O.Fe.H2O/c1-2;;/h1H3;;1H2/q-1;+2;/p-1. The quantitative estimate of drug-likeness (QED) is 0.456. The third-order valence-electron chi connectivity index (χ3n) is 0.0645. The molecule has 0 aromatic heterocycles. The number of hydrogen-bond donors (Lipinski definition) is 1. The van der Waals surface area contributed by atoms with E-state index in [4.69, 9.17) is 4.19 Å². The van der Waals surface area contributed by atoms with Crippen molar-refractivity contribution in [3.05, 3.63) is 0 Å². The summed E-state index contributed by atoms with van der Waals surface area (Å²) in [5, 5.41) is 0. The molecule has 28 valence electrons. The second kappa shape index (κ2) is 3.44. The van der Waals surface area contributed by atoms with Crippen LogP contribution in [0.15, 0.2) is 0 Å². The second-order valence-electron chi connectivity index (χ2n) is 0.209. The minimum absolute atomic E-state index is 0.181. The molecule has 0 aromatic carbocycles. The summed E-state index contributed by atoms with van der Waals surface area (Å²) >= 11 is -0.181. The molecule has 0 saturated carbocycles. The maximum atomic E-state index is 7.65. The number of rotatable bonds is 1. The third kappa shape index (κ3) is 2.44. The van der Waals surface area contributed by atoms with Gasteiger partial charge in [0.2, 0.25) is 0 Å². The molecule has 0 aliphatic carbocycles. The minimum atomic E-state index is -0.181. The number of hydrogen-bond acceptors (Lipinski definition) is 2. The van der Waals surface area contributed by atoms with Crippen molar-refractivity contribution in [1.82, 2.24) is 0 Å². The van der Waals surface area contributed by atoms with E-state index in [2.05, 4.69) is 3.82 Å². The summed E-state index contributed by atoms with van der Waals surface area (Å²) in [6.07, 6.45) is 0. The van der Waals surface area contributed by atoms with Crippen LogP contribution in [0.5, 0.6) is 0 Å². The zero-order valence-electron chi connectivity index (χ0n) is 2.21. The fourth-order valence-electron chi connectivity index (χ4n) is 0. The molecule has 2 nitrogen and oxygen atoms in total. The Morgan fingerprint density at radius 2 is 2.25 bits per heavy atom. The van der Waals surface area contributed by atoms with E-state index >= 15 is 0 Å². The Morgan fingerprint density at radius 1 is 2.00 bits per heavy atom. The Bertz CT molecular complexity index is 8.00. The molecule has 0 fully saturated rings. The fourth-order valence-corrected chi connectivity index (χ4v) is 0. The molecular formula is CH4FeO2. The van der Waals surface area contributed by atoms with E-state index in [0.717, 1.165) is 0 Å². The maximum absolute atomic E-state index is 7.65. The van der Waals surface area contributed by atoms with Crippen molar-refractivity contribution in [2.24, 2.45) is 0 Å². The van der Waals surface area contributed by atoms with Gasteiger partial charge in [0.1, 0.15) is 0 Å². The monoisotopic (exact) mass is 104 g/mol. The Kier molecular flexibility index (Phi) is 3.82. The molecule has 0 atom stereocenters. The first-order valence-electron chi connectivity index (χ1n) is 0.711. The molecule has 0 amide bonds. The van der Waals surface area contributed by atoms with E-state index in [9.17, 15) is 0 Å². The summed E-state index contributed by atoms with van der Waals surface area (Å²) in [7, 11) is 1.43. The van der Waals surface area contributed by atoms with Crippen molar-refractivity contribution in [3.8, 4) is 0 Å². The van der Waals surface area contributed by atoms with Crippen molar-refractivity contribution in [2.45, 2.75) is 0 Å². The molecule has 0 aliphatic heterocycles. The van der Waals surface area contributed by atoms with Gasteiger partial charge in [0, 0.05) is 0 Å². The second-order valence-corrected chi connectivity index (χ2v) is 0.861. The van der Waals surface area contributed by atoms with Crippen molar-refractivity contribution in [1.29, 1.82) is 0 Å². The Morgan fingerprint density at radius 3 is 2.25 bits per heavy atom. The van der Waals surface area contributed by atoms with Crippen LogP contribution < -0.4 is 0 Å². The topological polar surface area (TPSA) is 29.5 Å². The average Bonchev–Trinajstić information content (AvgIpc) is 1.37. The van der Waals surface area contributed by atoms with Crippen LogP contribution in [-0.4, -0.2) is 11.3 Å². The van der Waals surface area contributed by atoms with Crippen LogP contribution in [-0.2, 0) is 19.4 Å². The van der Waals surface area contributed by atoms with Crippen LogP contribution in [0.25, 0.3) is 0 Å². The van der Waals surface area contributed by atoms with E-state index in [0.29, 0.717) is 0 Å². The molecule has 0 spiro atoms. The van der Waals surface area contributed by atoms with Gasteiger partial charge in [0.25, 0.3) is 0 Å². The normalized spacial score (nSPS) is 8.50. The first-order valence-corrected chi connectivity index (χ1v) is 1.66. The Balaban J connectivity index is 1.97. The summed E-state index contributed by atoms with van der Waals surface area (Å²) in [6, 6.07) is 0. The van der Waals surface area contributed by atoms with Crippen molar-refractivity contribution in [2.75, 3.05) is 7.11 Å². The molecular weight excluding hydrogens is 99.9 g/mol. The molecule has 0 rings (SSSR count). The molecule has 1 N–H and O–H groups in total. The van der Waals surface area contributed by atoms with Gasteiger partial charge in [0.05, 0.1) is 0 Å². The van der Waals surface area contributed by atoms with Crippen molar-refractivity contribution in [3.63, 3.8) is 0 Å². The molecule has 0 unspecified atom stereocenters. The van der Waals surface area contributed by atoms with Gasteiger partial charge in [-0.2, -0.15) is 0 Å². The van der Waals surface area contributed by atoms with E-state index in [-0.39, 0.29) is 15.6 Å². The van der Waals surface area contributed by atoms with Crippen LogP contribution >= 0.6 is 0 Å². The molecule has 0 heterocycles. The van der Waals surface area contributed by atoms with Gasteiger partial charge in [-0.05, 0) is 0 Å². The van der Waals surface area contributed by atoms with Gasteiger partial charge in [0.15, 0.2) is 0 Å². The molecule has 0 bridgehead atoms. The SMILES string of the molecule is C[O][Fe][OH]. The molecule has 0 aromatic rings. The summed E-state index contributed by atoms with van der Waals surface area (Å²) in [6.45, 7) is 0. The van der Waals surface area contributed by atoms with Gasteiger partial charge in [-0.15, -0.1) is 0 Å². The Labute approximate surface area is 31.6 Å². The van der Waals surface area contributed by atoms with Gasteiger partial charge in [-0.3, -0.25) is 0 Å². The first-order chi connectivity index (χ1) is 1.91. The summed E-state index contributed by atoms with van der Waals surface area (Å²) in [4.78, 5) is 0. The predicted molar refractivity (Wildman–Crippen MR) is 9.23 cm³/mol. The summed E-state index contributed by atoms with van der Waals surface area (Å²) in [5.41, 5.74) is 0. The average molecular weight is 104 g/mol. The van der Waals surface area contributed by atoms with Gasteiger partial charge < -0.3 is 0 Å². The molecule has 0 saturated heterocycles. The van der Waals surface area contributed by atoms with Crippen molar-refractivity contribution < 1.29 is 23.6 Å². The van der Waals surface area contributed by atoms with E-state index in [1.165, 1.54) is 7.11 Å². The van der Waals surface area contributed by atoms with Crippen LogP contribution in [0.2, 0.25) is 0 Å². The Hall–Kier alpha value is 0.439. The molecule has 0 radical (unpaired) electrons. The zero-order valence-corrected chi connectivity index (χ0v) is 3.31. The fraction of sp³-hybridized carbons (Fsp3) is 1.00. The van der Waals surface area contributed by atoms with Crippen molar-refractivity contribution >= 4 is 0 Å². The van der Waals surface area contributed by atoms with Gasteiger partial charge >= 0.3 is 30.7 Å². The molecule has 3 heteroatoms. The van der Waals surface area contributed by atoms with Crippen LogP contribution in [0.3, 0.4) is 0 Å². The summed E-state index contributed by atoms with van der Waals surface area (Å²) in [5.74, 6) is 0. The first kappa shape index (κ1) is 4.44. The van der Waals surface area contributed by atoms with Crippen LogP contribution in [0.4, 0.5) is 0 Å². The third-order valence-corrected chi connectivity index (χ3v) is 0.266. The van der Waals surface area contributed by atoms with Gasteiger partial charge in [-0.1, -0.05) is 0 Å². The van der Waals surface area contributed by atoms with E-state index in [1.807, 2.05) is 0 Å². The predicted octanol–water partition coefficient (Wildman–Crippen LogP) is -0.462. The van der Waals surface area contributed by atoms with Crippen LogP contribution in [0.1, 0.15) is 0 Å². The molecule has 4 heavy (non-hydrogen) atoms. The van der Waals surface area contributed by atoms with E-state index in [1.54, 1.807) is 0 Å². The van der Waals surface area contributed by atoms with E-state index < -0.39 is 0 Å². The summed E-state index contributed by atoms with van der Waals surface area (Å²) < 4.78 is 11.8.